The predicted octanol–water partition coefficient (Wildman–Crippen LogP) is 0.287. The smallest absolute Gasteiger partial charge is 0.159 e. The lowest BCUT2D eigenvalue weighted by Gasteiger charge is -1.95. The van der Waals surface area contributed by atoms with Crippen LogP contribution in [0.5, 0.6) is 0 Å². The molecule has 0 atom stereocenters. The van der Waals surface area contributed by atoms with E-state index in [1.54, 1.807) is 0 Å². The first kappa shape index (κ1) is 6.50. The van der Waals surface area contributed by atoms with E-state index >= 15 is 0 Å². The Balaban J connectivity index is 2.63. The van der Waals surface area contributed by atoms with Gasteiger partial charge in [0.25, 0.3) is 0 Å². The van der Waals surface area contributed by atoms with Crippen molar-refractivity contribution < 1.29 is 5.11 Å². The molecule has 0 radical (unpaired) electrons. The Bertz CT molecular complexity index is 32.7. The molecular weight excluding hydrogens is 126 g/mol. The van der Waals surface area contributed by atoms with Gasteiger partial charge < -0.3 is 5.11 Å². The Morgan fingerprint density at radius 3 is 2.17 bits per heavy atom. The summed E-state index contributed by atoms with van der Waals surface area (Å²) in [4.78, 5) is -0.657. The van der Waals surface area contributed by atoms with Gasteiger partial charge in [0.1, 0.15) is 0 Å². The fourth-order valence-corrected chi connectivity index (χ4v) is 0.207. The third-order valence-electron chi connectivity index (χ3n) is 0.246. The molecule has 0 spiro atoms. The zero-order valence-electron chi connectivity index (χ0n) is 2.99. The van der Waals surface area contributed by atoms with Crippen molar-refractivity contribution in [3.8, 4) is 0 Å². The molecule has 0 aliphatic carbocycles. The van der Waals surface area contributed by atoms with E-state index in [0.717, 1.165) is 0 Å². The lowest BCUT2D eigenvalue weighted by atomic mass is 11.3. The first-order valence-corrected chi connectivity index (χ1v) is 2.27. The summed E-state index contributed by atoms with van der Waals surface area (Å²) in [6.07, 6.45) is 0. The number of alkyl halides is 2. The summed E-state index contributed by atoms with van der Waals surface area (Å²) in [7, 11) is 0. The monoisotopic (exact) mass is 130 g/mol. The van der Waals surface area contributed by atoms with Crippen molar-refractivity contribution in [2.24, 2.45) is 0 Å². The number of hydrogen-bond donors (Lipinski definition) is 2. The first-order valence-electron chi connectivity index (χ1n) is 1.39. The second-order valence-electron chi connectivity index (χ2n) is 0.663. The van der Waals surface area contributed by atoms with Gasteiger partial charge in [0.2, 0.25) is 0 Å². The van der Waals surface area contributed by atoms with Gasteiger partial charge in [0, 0.05) is 0 Å². The van der Waals surface area contributed by atoms with E-state index < -0.39 is 4.96 Å². The van der Waals surface area contributed by atoms with E-state index in [-0.39, 0.29) is 6.73 Å². The van der Waals surface area contributed by atoms with Crippen LogP contribution in [-0.4, -0.2) is 16.8 Å². The van der Waals surface area contributed by atoms with Crippen molar-refractivity contribution in [2.45, 2.75) is 4.96 Å². The average molecular weight is 131 g/mol. The normalized spacial score (nSPS) is 10.0. The summed E-state index contributed by atoms with van der Waals surface area (Å²) < 4.78 is 0. The molecule has 2 N–H and O–H groups in total. The van der Waals surface area contributed by atoms with Crippen molar-refractivity contribution in [2.75, 3.05) is 6.73 Å². The van der Waals surface area contributed by atoms with E-state index in [4.69, 9.17) is 28.3 Å². The topological polar surface area (TPSA) is 32.3 Å². The minimum atomic E-state index is -0.657. The van der Waals surface area contributed by atoms with Gasteiger partial charge in [-0.3, -0.25) is 5.32 Å². The van der Waals surface area contributed by atoms with Crippen molar-refractivity contribution >= 4 is 23.2 Å². The molecule has 0 aromatic carbocycles. The van der Waals surface area contributed by atoms with Crippen molar-refractivity contribution in [1.82, 2.24) is 5.32 Å². The number of aliphatic hydroxyl groups is 1. The number of hydrogen-bond acceptors (Lipinski definition) is 2. The van der Waals surface area contributed by atoms with E-state index in [1.807, 2.05) is 0 Å². The zero-order valence-corrected chi connectivity index (χ0v) is 4.50. The van der Waals surface area contributed by atoms with Gasteiger partial charge in [0.15, 0.2) is 4.96 Å². The summed E-state index contributed by atoms with van der Waals surface area (Å²) in [5, 5.41) is 10.3. The molecule has 0 aromatic heterocycles. The molecule has 0 aromatic rings. The van der Waals surface area contributed by atoms with Crippen LogP contribution >= 0.6 is 23.2 Å². The van der Waals surface area contributed by atoms with Crippen LogP contribution in [0.3, 0.4) is 0 Å². The Labute approximate surface area is 46.1 Å². The van der Waals surface area contributed by atoms with Gasteiger partial charge >= 0.3 is 0 Å². The second kappa shape index (κ2) is 3.68. The van der Waals surface area contributed by atoms with Crippen LogP contribution in [-0.2, 0) is 0 Å². The minimum Gasteiger partial charge on any atom is -0.381 e. The molecule has 0 saturated heterocycles. The quantitative estimate of drug-likeness (QED) is 0.244. The van der Waals surface area contributed by atoms with Crippen LogP contribution in [0.4, 0.5) is 0 Å². The van der Waals surface area contributed by atoms with E-state index in [0.29, 0.717) is 0 Å². The summed E-state index contributed by atoms with van der Waals surface area (Å²) in [5.74, 6) is 0. The molecule has 0 rings (SSSR count). The number of aliphatic hydroxyl groups excluding tert-OH is 1. The summed E-state index contributed by atoms with van der Waals surface area (Å²) in [6, 6.07) is 0. The molecule has 0 aliphatic rings. The van der Waals surface area contributed by atoms with Crippen molar-refractivity contribution in [1.29, 1.82) is 0 Å². The van der Waals surface area contributed by atoms with Crippen LogP contribution in [0.15, 0.2) is 0 Å². The zero-order chi connectivity index (χ0) is 4.99. The van der Waals surface area contributed by atoms with Gasteiger partial charge in [-0.05, 0) is 0 Å². The van der Waals surface area contributed by atoms with Crippen molar-refractivity contribution in [3.05, 3.63) is 0 Å². The molecule has 6 heavy (non-hydrogen) atoms. The van der Waals surface area contributed by atoms with Crippen LogP contribution in [0.1, 0.15) is 0 Å². The predicted molar refractivity (Wildman–Crippen MR) is 25.7 cm³/mol. The van der Waals surface area contributed by atoms with Gasteiger partial charge in [-0.1, -0.05) is 23.2 Å². The Hall–Kier alpha value is 0.500. The van der Waals surface area contributed by atoms with Crippen LogP contribution in [0, 0.1) is 0 Å². The molecule has 0 heterocycles. The SMILES string of the molecule is OC[15NH]C(Cl)Cl. The molecule has 0 saturated carbocycles. The lowest BCUT2D eigenvalue weighted by molar-refractivity contribution is 0.266. The molecule has 0 bridgehead atoms. The number of nitrogens with one attached hydrogen (secondary N) is 1. The lowest BCUT2D eigenvalue weighted by Crippen LogP contribution is -2.18. The fraction of sp³-hybridized carbons (Fsp3) is 1.00. The highest BCUT2D eigenvalue weighted by Gasteiger charge is 1.89. The van der Waals surface area contributed by atoms with Crippen molar-refractivity contribution in [3.63, 3.8) is 0 Å². The molecule has 0 unspecified atom stereocenters. The second-order valence-corrected chi connectivity index (χ2v) is 1.76. The van der Waals surface area contributed by atoms with Gasteiger partial charge in [-0.15, -0.1) is 0 Å². The van der Waals surface area contributed by atoms with E-state index in [2.05, 4.69) is 5.32 Å². The first-order chi connectivity index (χ1) is 2.77. The molecule has 4 heteroatoms. The fourth-order valence-electron chi connectivity index (χ4n) is 0.0690. The molecule has 2 nitrogen and oxygen atoms in total. The minimum absolute atomic E-state index is 0.183. The van der Waals surface area contributed by atoms with E-state index in [1.165, 1.54) is 0 Å². The maximum absolute atomic E-state index is 7.96. The molecule has 38 valence electrons. The largest absolute Gasteiger partial charge is 0.381 e. The molecular formula is C2H5Cl2NO. The summed E-state index contributed by atoms with van der Waals surface area (Å²) in [5.41, 5.74) is 0. The van der Waals surface area contributed by atoms with Crippen LogP contribution < -0.4 is 5.32 Å². The molecule has 0 amide bonds. The number of rotatable bonds is 2. The molecule has 0 aliphatic heterocycles. The summed E-state index contributed by atoms with van der Waals surface area (Å²) in [6.45, 7) is -0.183. The molecule has 0 fully saturated rings. The Morgan fingerprint density at radius 1 is 1.67 bits per heavy atom. The van der Waals surface area contributed by atoms with Gasteiger partial charge in [-0.25, -0.2) is 0 Å². The van der Waals surface area contributed by atoms with E-state index in [9.17, 15) is 0 Å². The third kappa shape index (κ3) is 4.50. The van der Waals surface area contributed by atoms with Crippen LogP contribution in [0.2, 0.25) is 0 Å². The standard InChI is InChI=1S/C2H5Cl2NO/c3-2(4)5-1-6/h2,5-6H,1H2/i5+1. The highest BCUT2D eigenvalue weighted by atomic mass is 35.5. The van der Waals surface area contributed by atoms with Gasteiger partial charge in [0.05, 0.1) is 6.73 Å². The third-order valence-corrected chi connectivity index (χ3v) is 0.554. The van der Waals surface area contributed by atoms with Crippen LogP contribution in [0.25, 0.3) is 0 Å². The maximum Gasteiger partial charge on any atom is 0.159 e. The Kier molecular flexibility index (Phi) is 3.99. The highest BCUT2D eigenvalue weighted by Crippen LogP contribution is 1.92. The highest BCUT2D eigenvalue weighted by molar-refractivity contribution is 6.43. The van der Waals surface area contributed by atoms with Gasteiger partial charge in [-0.2, -0.15) is 0 Å². The Morgan fingerprint density at radius 2 is 2.17 bits per heavy atom. The maximum atomic E-state index is 7.96. The average Bonchev–Trinajstić information content (AvgIpc) is 1.35. The summed E-state index contributed by atoms with van der Waals surface area (Å²) >= 11 is 10.1. The number of halogens is 2.